The number of amides is 1. The summed E-state index contributed by atoms with van der Waals surface area (Å²) in [6, 6.07) is 10.1. The highest BCUT2D eigenvalue weighted by Gasteiger charge is 2.30. The zero-order valence-electron chi connectivity index (χ0n) is 14.8. The maximum absolute atomic E-state index is 12.6. The van der Waals surface area contributed by atoms with Crippen LogP contribution in [0.1, 0.15) is 16.1 Å². The van der Waals surface area contributed by atoms with Crippen LogP contribution in [0, 0.1) is 0 Å². The van der Waals surface area contributed by atoms with Crippen LogP contribution < -0.4 is 10.1 Å². The van der Waals surface area contributed by atoms with E-state index in [1.807, 2.05) is 0 Å². The summed E-state index contributed by atoms with van der Waals surface area (Å²) in [5.41, 5.74) is -0.0534. The molecule has 150 valence electrons. The molecule has 10 heteroatoms. The molecule has 0 saturated carbocycles. The first-order valence-electron chi connectivity index (χ1n) is 8.56. The zero-order chi connectivity index (χ0) is 20.6. The lowest BCUT2D eigenvalue weighted by Gasteiger charge is -2.25. The normalized spacial score (nSPS) is 18.9. The van der Waals surface area contributed by atoms with Crippen molar-refractivity contribution in [1.29, 1.82) is 0 Å². The zero-order valence-corrected chi connectivity index (χ0v) is 15.6. The summed E-state index contributed by atoms with van der Waals surface area (Å²) < 4.78 is 54.4. The Morgan fingerprint density at radius 2 is 1.93 bits per heavy atom. The van der Waals surface area contributed by atoms with Crippen LogP contribution in [-0.4, -0.2) is 37.6 Å². The molecule has 2 aromatic heterocycles. The Kier molecular flexibility index (Phi) is 4.95. The van der Waals surface area contributed by atoms with E-state index in [9.17, 15) is 22.2 Å². The number of nitrogens with zero attached hydrogens (tertiary/aromatic N) is 2. The van der Waals surface area contributed by atoms with Crippen molar-refractivity contribution in [2.75, 3.05) is 11.5 Å². The highest BCUT2D eigenvalue weighted by atomic mass is 32.2. The van der Waals surface area contributed by atoms with Gasteiger partial charge in [0.1, 0.15) is 11.4 Å². The fourth-order valence-corrected chi connectivity index (χ4v) is 3.73. The number of benzene rings is 1. The second-order valence-electron chi connectivity index (χ2n) is 6.48. The van der Waals surface area contributed by atoms with Crippen LogP contribution in [0.4, 0.5) is 13.2 Å². The Labute approximate surface area is 165 Å². The first kappa shape index (κ1) is 19.3. The molecule has 1 fully saturated rings. The summed E-state index contributed by atoms with van der Waals surface area (Å²) >= 11 is 0. The first-order valence-corrected chi connectivity index (χ1v) is 10.0. The smallest absolute Gasteiger partial charge is 0.417 e. The number of alkyl halides is 3. The molecule has 4 rings (SSSR count). The summed E-state index contributed by atoms with van der Waals surface area (Å²) in [4.78, 5) is 20.2. The van der Waals surface area contributed by atoms with Crippen LogP contribution in [0.2, 0.25) is 0 Å². The highest BCUT2D eigenvalue weighted by Crippen LogP contribution is 2.30. The van der Waals surface area contributed by atoms with Crippen molar-refractivity contribution in [2.45, 2.75) is 12.2 Å². The molecule has 1 amide bonds. The van der Waals surface area contributed by atoms with E-state index in [4.69, 9.17) is 4.74 Å². The van der Waals surface area contributed by atoms with Gasteiger partial charge >= 0.3 is 6.18 Å². The number of hydrogen-bond donors (Lipinski definition) is 1. The minimum absolute atomic E-state index is 0.0270. The molecule has 1 aliphatic rings. The molecular formula is C19H14F3N3O3S. The summed E-state index contributed by atoms with van der Waals surface area (Å²) in [6.07, 6.45) is -3.75. The van der Waals surface area contributed by atoms with Gasteiger partial charge < -0.3 is 10.1 Å². The van der Waals surface area contributed by atoms with E-state index in [-0.39, 0.29) is 23.5 Å². The maximum atomic E-state index is 12.6. The van der Waals surface area contributed by atoms with Crippen molar-refractivity contribution in [3.05, 3.63) is 59.9 Å². The van der Waals surface area contributed by atoms with Crippen LogP contribution in [0.25, 0.3) is 10.9 Å². The predicted molar refractivity (Wildman–Crippen MR) is 100 cm³/mol. The fourth-order valence-electron chi connectivity index (χ4n) is 2.77. The van der Waals surface area contributed by atoms with Gasteiger partial charge in [0.25, 0.3) is 5.91 Å². The van der Waals surface area contributed by atoms with E-state index in [2.05, 4.69) is 15.3 Å². The number of ether oxygens (including phenoxy) is 1. The molecule has 0 bridgehead atoms. The molecule has 3 aromatic rings. The average Bonchev–Trinajstić information content (AvgIpc) is 2.66. The molecule has 3 heterocycles. The van der Waals surface area contributed by atoms with Gasteiger partial charge in [-0.2, -0.15) is 13.2 Å². The summed E-state index contributed by atoms with van der Waals surface area (Å²) in [6.45, 7) is 0. The Balaban J connectivity index is 1.48. The van der Waals surface area contributed by atoms with E-state index < -0.39 is 22.5 Å². The minimum atomic E-state index is -4.46. The molecule has 1 aromatic carbocycles. The Bertz CT molecular complexity index is 1100. The van der Waals surface area contributed by atoms with Gasteiger partial charge in [-0.3, -0.25) is 9.00 Å². The lowest BCUT2D eigenvalue weighted by molar-refractivity contribution is -0.137. The van der Waals surface area contributed by atoms with Crippen LogP contribution in [0.15, 0.2) is 48.7 Å². The van der Waals surface area contributed by atoms with Crippen LogP contribution >= 0.6 is 0 Å². The standard InChI is InChI=1S/C19H14F3N3O3S/c20-19(21,22)12-2-6-17(23-8-12)28-14-3-5-15-11(7-14)1-4-16(25-15)18(26)24-13-9-29(27)10-13/h1-8,13H,9-10H2,(H,24,26). The second kappa shape index (κ2) is 7.43. The Morgan fingerprint density at radius 3 is 2.59 bits per heavy atom. The molecule has 1 aliphatic heterocycles. The Morgan fingerprint density at radius 1 is 1.14 bits per heavy atom. The van der Waals surface area contributed by atoms with Gasteiger partial charge in [-0.05, 0) is 30.3 Å². The van der Waals surface area contributed by atoms with Crippen molar-refractivity contribution in [2.24, 2.45) is 0 Å². The topological polar surface area (TPSA) is 81.2 Å². The average molecular weight is 421 g/mol. The van der Waals surface area contributed by atoms with Gasteiger partial charge in [-0.25, -0.2) is 9.97 Å². The number of carbonyl (C=O) groups excluding carboxylic acids is 1. The molecule has 0 radical (unpaired) electrons. The van der Waals surface area contributed by atoms with Gasteiger partial charge in [0.15, 0.2) is 0 Å². The molecule has 6 nitrogen and oxygen atoms in total. The number of rotatable bonds is 4. The van der Waals surface area contributed by atoms with Gasteiger partial charge in [0.2, 0.25) is 5.88 Å². The van der Waals surface area contributed by atoms with Gasteiger partial charge in [0, 0.05) is 40.0 Å². The highest BCUT2D eigenvalue weighted by molar-refractivity contribution is 7.86. The molecule has 0 spiro atoms. The Hall–Kier alpha value is -3.01. The van der Waals surface area contributed by atoms with Gasteiger partial charge in [-0.15, -0.1) is 0 Å². The predicted octanol–water partition coefficient (Wildman–Crippen LogP) is 3.30. The van der Waals surface area contributed by atoms with E-state index in [0.29, 0.717) is 34.4 Å². The molecule has 1 N–H and O–H groups in total. The molecule has 29 heavy (non-hydrogen) atoms. The quantitative estimate of drug-likeness (QED) is 0.699. The SMILES string of the molecule is O=C(NC1CS(=O)C1)c1ccc2cc(Oc3ccc(C(F)(F)F)cn3)ccc2n1. The van der Waals surface area contributed by atoms with Crippen molar-refractivity contribution >= 4 is 27.6 Å². The summed E-state index contributed by atoms with van der Waals surface area (Å²) in [7, 11) is -0.852. The number of nitrogens with one attached hydrogen (secondary N) is 1. The van der Waals surface area contributed by atoms with E-state index in [0.717, 1.165) is 12.1 Å². The van der Waals surface area contributed by atoms with Crippen LogP contribution in [-0.2, 0) is 17.0 Å². The third-order valence-electron chi connectivity index (χ3n) is 4.29. The van der Waals surface area contributed by atoms with E-state index in [1.54, 1.807) is 30.3 Å². The molecule has 0 unspecified atom stereocenters. The molecule has 0 atom stereocenters. The van der Waals surface area contributed by atoms with Gasteiger partial charge in [0.05, 0.1) is 17.1 Å². The lowest BCUT2D eigenvalue weighted by atomic mass is 10.2. The molecule has 1 saturated heterocycles. The third kappa shape index (κ3) is 4.37. The van der Waals surface area contributed by atoms with Crippen molar-refractivity contribution in [3.63, 3.8) is 0 Å². The number of fused-ring (bicyclic) bond motifs is 1. The molecular weight excluding hydrogens is 407 g/mol. The summed E-state index contributed by atoms with van der Waals surface area (Å²) in [5.74, 6) is 0.985. The van der Waals surface area contributed by atoms with Crippen LogP contribution in [0.5, 0.6) is 11.6 Å². The number of carbonyl (C=O) groups is 1. The van der Waals surface area contributed by atoms with Crippen molar-refractivity contribution in [3.8, 4) is 11.6 Å². The first-order chi connectivity index (χ1) is 13.8. The third-order valence-corrected chi connectivity index (χ3v) is 5.84. The van der Waals surface area contributed by atoms with Crippen molar-refractivity contribution in [1.82, 2.24) is 15.3 Å². The number of hydrogen-bond acceptors (Lipinski definition) is 5. The van der Waals surface area contributed by atoms with Crippen molar-refractivity contribution < 1.29 is 26.9 Å². The van der Waals surface area contributed by atoms with Gasteiger partial charge in [-0.1, -0.05) is 6.07 Å². The minimum Gasteiger partial charge on any atom is -0.439 e. The van der Waals surface area contributed by atoms with Crippen LogP contribution in [0.3, 0.4) is 0 Å². The molecule has 0 aliphatic carbocycles. The van der Waals surface area contributed by atoms with E-state index >= 15 is 0 Å². The monoisotopic (exact) mass is 421 g/mol. The second-order valence-corrected chi connectivity index (χ2v) is 8.03. The maximum Gasteiger partial charge on any atom is 0.417 e. The van der Waals surface area contributed by atoms with E-state index in [1.165, 1.54) is 0 Å². The number of aromatic nitrogens is 2. The number of pyridine rings is 2. The number of halogens is 3. The summed E-state index contributed by atoms with van der Waals surface area (Å²) in [5, 5.41) is 3.47. The largest absolute Gasteiger partial charge is 0.439 e. The lowest BCUT2D eigenvalue weighted by Crippen LogP contribution is -2.50. The fraction of sp³-hybridized carbons (Fsp3) is 0.211.